The van der Waals surface area contributed by atoms with Gasteiger partial charge in [-0.05, 0) is 38.9 Å². The van der Waals surface area contributed by atoms with E-state index in [-0.39, 0.29) is 17.7 Å². The number of carbonyl (C=O) groups excluding carboxylic acids is 2. The number of aryl methyl sites for hydroxylation is 1. The molecule has 1 aromatic carbocycles. The molecule has 0 radical (unpaired) electrons. The minimum atomic E-state index is 0.0903. The van der Waals surface area contributed by atoms with Crippen molar-refractivity contribution < 1.29 is 9.59 Å². The fourth-order valence-electron chi connectivity index (χ4n) is 2.91. The molecule has 2 atom stereocenters. The standard InChI is InChI=1S/C20H31N3O2/c1-15-6-5-7-17(12-15)14-23(11-10-22(3)4)19(24)8-9-21-20(25)18-13-16(18)2/h5-7,12,16,18H,8-11,13-14H2,1-4H3,(H,21,25). The molecule has 25 heavy (non-hydrogen) atoms. The number of benzene rings is 1. The number of hydrogen-bond acceptors (Lipinski definition) is 3. The van der Waals surface area contributed by atoms with Gasteiger partial charge in [-0.25, -0.2) is 0 Å². The van der Waals surface area contributed by atoms with Crippen molar-refractivity contribution in [2.75, 3.05) is 33.7 Å². The largest absolute Gasteiger partial charge is 0.355 e. The van der Waals surface area contributed by atoms with Gasteiger partial charge in [-0.3, -0.25) is 9.59 Å². The molecule has 0 aromatic heterocycles. The summed E-state index contributed by atoms with van der Waals surface area (Å²) in [6.45, 7) is 6.69. The van der Waals surface area contributed by atoms with Crippen LogP contribution in [0.3, 0.4) is 0 Å². The van der Waals surface area contributed by atoms with Crippen LogP contribution in [-0.2, 0) is 16.1 Å². The van der Waals surface area contributed by atoms with Gasteiger partial charge in [0.15, 0.2) is 0 Å². The Hall–Kier alpha value is -1.88. The summed E-state index contributed by atoms with van der Waals surface area (Å²) in [5, 5.41) is 2.90. The van der Waals surface area contributed by atoms with Crippen molar-refractivity contribution in [2.45, 2.75) is 33.2 Å². The van der Waals surface area contributed by atoms with Crippen LogP contribution in [0.1, 0.15) is 30.9 Å². The summed E-state index contributed by atoms with van der Waals surface area (Å²) in [7, 11) is 4.01. The van der Waals surface area contributed by atoms with Crippen LogP contribution in [0.15, 0.2) is 24.3 Å². The number of rotatable bonds is 9. The lowest BCUT2D eigenvalue weighted by molar-refractivity contribution is -0.132. The Balaban J connectivity index is 1.86. The lowest BCUT2D eigenvalue weighted by Gasteiger charge is -2.25. The van der Waals surface area contributed by atoms with E-state index >= 15 is 0 Å². The lowest BCUT2D eigenvalue weighted by atomic mass is 10.1. The zero-order valence-corrected chi connectivity index (χ0v) is 15.9. The first kappa shape index (κ1) is 19.4. The third-order valence-corrected chi connectivity index (χ3v) is 4.71. The molecular weight excluding hydrogens is 314 g/mol. The maximum atomic E-state index is 12.6. The highest BCUT2D eigenvalue weighted by Gasteiger charge is 2.38. The highest BCUT2D eigenvalue weighted by atomic mass is 16.2. The summed E-state index contributed by atoms with van der Waals surface area (Å²) in [4.78, 5) is 28.5. The lowest BCUT2D eigenvalue weighted by Crippen LogP contribution is -2.38. The molecule has 138 valence electrons. The van der Waals surface area contributed by atoms with Gasteiger partial charge in [0.25, 0.3) is 0 Å². The van der Waals surface area contributed by atoms with Crippen molar-refractivity contribution in [3.05, 3.63) is 35.4 Å². The highest BCUT2D eigenvalue weighted by Crippen LogP contribution is 2.37. The second kappa shape index (κ2) is 8.99. The monoisotopic (exact) mass is 345 g/mol. The van der Waals surface area contributed by atoms with E-state index in [1.165, 1.54) is 5.56 Å². The van der Waals surface area contributed by atoms with Crippen molar-refractivity contribution in [1.29, 1.82) is 0 Å². The van der Waals surface area contributed by atoms with Crippen LogP contribution in [-0.4, -0.2) is 55.3 Å². The average molecular weight is 345 g/mol. The second-order valence-electron chi connectivity index (χ2n) is 7.47. The van der Waals surface area contributed by atoms with Crippen LogP contribution in [0.25, 0.3) is 0 Å². The van der Waals surface area contributed by atoms with Crippen molar-refractivity contribution in [2.24, 2.45) is 11.8 Å². The van der Waals surface area contributed by atoms with Gasteiger partial charge in [0, 0.05) is 38.5 Å². The van der Waals surface area contributed by atoms with E-state index in [0.29, 0.717) is 32.0 Å². The van der Waals surface area contributed by atoms with Gasteiger partial charge in [-0.2, -0.15) is 0 Å². The molecule has 0 bridgehead atoms. The molecule has 1 aliphatic carbocycles. The third kappa shape index (κ3) is 6.50. The SMILES string of the molecule is Cc1cccc(CN(CCN(C)C)C(=O)CCNC(=O)C2CC2C)c1. The molecule has 5 heteroatoms. The first-order valence-corrected chi connectivity index (χ1v) is 9.12. The summed E-state index contributed by atoms with van der Waals surface area (Å²) in [5.74, 6) is 0.840. The van der Waals surface area contributed by atoms with E-state index in [1.807, 2.05) is 25.1 Å². The minimum Gasteiger partial charge on any atom is -0.355 e. The predicted octanol–water partition coefficient (Wildman–Crippen LogP) is 2.05. The van der Waals surface area contributed by atoms with Gasteiger partial charge in [0.2, 0.25) is 11.8 Å². The molecule has 0 spiro atoms. The fourth-order valence-corrected chi connectivity index (χ4v) is 2.91. The van der Waals surface area contributed by atoms with Gasteiger partial charge < -0.3 is 15.1 Å². The van der Waals surface area contributed by atoms with E-state index in [2.05, 4.69) is 42.3 Å². The fraction of sp³-hybridized carbons (Fsp3) is 0.600. The van der Waals surface area contributed by atoms with E-state index in [4.69, 9.17) is 0 Å². The summed E-state index contributed by atoms with van der Waals surface area (Å²) >= 11 is 0. The Morgan fingerprint density at radius 3 is 2.56 bits per heavy atom. The molecule has 0 saturated heterocycles. The number of carbonyl (C=O) groups is 2. The van der Waals surface area contributed by atoms with Gasteiger partial charge in [0.1, 0.15) is 0 Å². The van der Waals surface area contributed by atoms with Gasteiger partial charge in [-0.15, -0.1) is 0 Å². The molecule has 5 nitrogen and oxygen atoms in total. The van der Waals surface area contributed by atoms with Crippen LogP contribution in [0.2, 0.25) is 0 Å². The van der Waals surface area contributed by atoms with Crippen molar-refractivity contribution in [3.8, 4) is 0 Å². The Morgan fingerprint density at radius 2 is 1.96 bits per heavy atom. The number of amides is 2. The zero-order valence-electron chi connectivity index (χ0n) is 15.9. The molecule has 1 N–H and O–H groups in total. The van der Waals surface area contributed by atoms with Crippen molar-refractivity contribution in [1.82, 2.24) is 15.1 Å². The normalized spacial score (nSPS) is 18.9. The Bertz CT molecular complexity index is 600. The van der Waals surface area contributed by atoms with Crippen LogP contribution in [0.5, 0.6) is 0 Å². The van der Waals surface area contributed by atoms with Crippen LogP contribution in [0, 0.1) is 18.8 Å². The van der Waals surface area contributed by atoms with Crippen molar-refractivity contribution in [3.63, 3.8) is 0 Å². The van der Waals surface area contributed by atoms with Gasteiger partial charge in [-0.1, -0.05) is 36.8 Å². The summed E-state index contributed by atoms with van der Waals surface area (Å²) in [5.41, 5.74) is 2.34. The van der Waals surface area contributed by atoms with Crippen molar-refractivity contribution >= 4 is 11.8 Å². The topological polar surface area (TPSA) is 52.6 Å². The summed E-state index contributed by atoms with van der Waals surface area (Å²) in [6, 6.07) is 8.26. The summed E-state index contributed by atoms with van der Waals surface area (Å²) in [6.07, 6.45) is 1.33. The van der Waals surface area contributed by atoms with Crippen LogP contribution >= 0.6 is 0 Å². The molecule has 0 aliphatic heterocycles. The third-order valence-electron chi connectivity index (χ3n) is 4.71. The molecule has 2 unspecified atom stereocenters. The molecular formula is C20H31N3O2. The zero-order chi connectivity index (χ0) is 18.4. The smallest absolute Gasteiger partial charge is 0.224 e. The predicted molar refractivity (Wildman–Crippen MR) is 100 cm³/mol. The molecule has 0 heterocycles. The Kier molecular flexibility index (Phi) is 7.00. The second-order valence-corrected chi connectivity index (χ2v) is 7.47. The number of likely N-dealkylation sites (N-methyl/N-ethyl adjacent to an activating group) is 1. The number of nitrogens with zero attached hydrogens (tertiary/aromatic N) is 2. The first-order valence-electron chi connectivity index (χ1n) is 9.12. The molecule has 2 amide bonds. The van der Waals surface area contributed by atoms with Crippen LogP contribution < -0.4 is 5.32 Å². The summed E-state index contributed by atoms with van der Waals surface area (Å²) < 4.78 is 0. The quantitative estimate of drug-likeness (QED) is 0.745. The maximum absolute atomic E-state index is 12.6. The molecule has 2 rings (SSSR count). The Labute approximate surface area is 151 Å². The van der Waals surface area contributed by atoms with Gasteiger partial charge in [0.05, 0.1) is 0 Å². The Morgan fingerprint density at radius 1 is 1.24 bits per heavy atom. The number of nitrogens with one attached hydrogen (secondary N) is 1. The van der Waals surface area contributed by atoms with E-state index in [0.717, 1.165) is 18.5 Å². The minimum absolute atomic E-state index is 0.0903. The molecule has 1 aliphatic rings. The van der Waals surface area contributed by atoms with E-state index < -0.39 is 0 Å². The molecule has 1 fully saturated rings. The highest BCUT2D eigenvalue weighted by molar-refractivity contribution is 5.82. The van der Waals surface area contributed by atoms with E-state index in [1.54, 1.807) is 0 Å². The first-order chi connectivity index (χ1) is 11.9. The molecule has 1 saturated carbocycles. The van der Waals surface area contributed by atoms with Crippen LogP contribution in [0.4, 0.5) is 0 Å². The average Bonchev–Trinajstić information content (AvgIpc) is 3.28. The van der Waals surface area contributed by atoms with E-state index in [9.17, 15) is 9.59 Å². The number of hydrogen-bond donors (Lipinski definition) is 1. The molecule has 1 aromatic rings. The maximum Gasteiger partial charge on any atom is 0.224 e. The van der Waals surface area contributed by atoms with Gasteiger partial charge >= 0.3 is 0 Å².